The third-order valence-corrected chi connectivity index (χ3v) is 5.54. The Balaban J connectivity index is 2.25. The summed E-state index contributed by atoms with van der Waals surface area (Å²) >= 11 is 0. The summed E-state index contributed by atoms with van der Waals surface area (Å²) in [5, 5.41) is 3.79. The summed E-state index contributed by atoms with van der Waals surface area (Å²) in [6.45, 7) is 10.6. The van der Waals surface area contributed by atoms with Gasteiger partial charge in [-0.3, -0.25) is 0 Å². The summed E-state index contributed by atoms with van der Waals surface area (Å²) < 4.78 is 0. The second kappa shape index (κ2) is 10.7. The van der Waals surface area contributed by atoms with Gasteiger partial charge < -0.3 is 5.32 Å². The van der Waals surface area contributed by atoms with Crippen LogP contribution in [0.1, 0.15) is 91.9 Å². The average molecular weight is 282 g/mol. The van der Waals surface area contributed by atoms with Crippen molar-refractivity contribution >= 4 is 0 Å². The van der Waals surface area contributed by atoms with Crippen LogP contribution < -0.4 is 5.32 Å². The molecule has 4 atom stereocenters. The Morgan fingerprint density at radius 1 is 0.900 bits per heavy atom. The van der Waals surface area contributed by atoms with Crippen LogP contribution in [0.5, 0.6) is 0 Å². The van der Waals surface area contributed by atoms with E-state index in [1.165, 1.54) is 64.2 Å². The Hall–Kier alpha value is -0.0400. The number of unbranched alkanes of at least 4 members (excludes halogenated alkanes) is 5. The molecule has 0 spiro atoms. The molecule has 0 bridgehead atoms. The van der Waals surface area contributed by atoms with Gasteiger partial charge in [0.2, 0.25) is 0 Å². The molecule has 0 aromatic carbocycles. The molecular formula is C19H39N. The zero-order chi connectivity index (χ0) is 14.8. The second-order valence-electron chi connectivity index (χ2n) is 7.25. The molecular weight excluding hydrogens is 242 g/mol. The largest absolute Gasteiger partial charge is 0.314 e. The lowest BCUT2D eigenvalue weighted by Gasteiger charge is -2.37. The van der Waals surface area contributed by atoms with Crippen LogP contribution in [0.2, 0.25) is 0 Å². The maximum atomic E-state index is 3.79. The summed E-state index contributed by atoms with van der Waals surface area (Å²) in [6.07, 6.45) is 14.3. The van der Waals surface area contributed by atoms with Crippen LogP contribution in [0, 0.1) is 17.8 Å². The molecule has 0 aliphatic heterocycles. The van der Waals surface area contributed by atoms with E-state index >= 15 is 0 Å². The smallest absolute Gasteiger partial charge is 0.00953 e. The van der Waals surface area contributed by atoms with Crippen LogP contribution in [0.4, 0.5) is 0 Å². The standard InChI is InChI=1S/C19H39N/c1-5-7-8-9-10-11-12-19(20-6-2)18-14-13-16(3)17(4)15-18/h16-20H,5-15H2,1-4H3. The number of hydrogen-bond donors (Lipinski definition) is 1. The third-order valence-electron chi connectivity index (χ3n) is 5.54. The Morgan fingerprint density at radius 2 is 1.60 bits per heavy atom. The molecule has 0 aromatic rings. The molecule has 1 nitrogen and oxygen atoms in total. The van der Waals surface area contributed by atoms with Crippen molar-refractivity contribution in [3.05, 3.63) is 0 Å². The van der Waals surface area contributed by atoms with E-state index in [1.54, 1.807) is 0 Å². The zero-order valence-corrected chi connectivity index (χ0v) is 14.6. The van der Waals surface area contributed by atoms with Crippen molar-refractivity contribution in [3.63, 3.8) is 0 Å². The van der Waals surface area contributed by atoms with E-state index in [9.17, 15) is 0 Å². The summed E-state index contributed by atoms with van der Waals surface area (Å²) in [4.78, 5) is 0. The number of nitrogens with one attached hydrogen (secondary N) is 1. The van der Waals surface area contributed by atoms with Crippen LogP contribution in [0.15, 0.2) is 0 Å². The van der Waals surface area contributed by atoms with Crippen molar-refractivity contribution in [2.24, 2.45) is 17.8 Å². The fourth-order valence-electron chi connectivity index (χ4n) is 3.87. The lowest BCUT2D eigenvalue weighted by Crippen LogP contribution is -2.39. The van der Waals surface area contributed by atoms with Crippen molar-refractivity contribution in [1.29, 1.82) is 0 Å². The highest BCUT2D eigenvalue weighted by Crippen LogP contribution is 2.36. The van der Waals surface area contributed by atoms with Gasteiger partial charge in [0.1, 0.15) is 0 Å². The normalized spacial score (nSPS) is 28.5. The maximum Gasteiger partial charge on any atom is 0.00953 e. The van der Waals surface area contributed by atoms with Gasteiger partial charge in [0.15, 0.2) is 0 Å². The average Bonchev–Trinajstić information content (AvgIpc) is 2.44. The van der Waals surface area contributed by atoms with Gasteiger partial charge in [-0.1, -0.05) is 72.6 Å². The van der Waals surface area contributed by atoms with Crippen LogP contribution >= 0.6 is 0 Å². The van der Waals surface area contributed by atoms with Crippen molar-refractivity contribution in [1.82, 2.24) is 5.32 Å². The molecule has 1 fully saturated rings. The first-order valence-electron chi connectivity index (χ1n) is 9.42. The van der Waals surface area contributed by atoms with E-state index in [2.05, 4.69) is 33.0 Å². The van der Waals surface area contributed by atoms with Crippen molar-refractivity contribution < 1.29 is 0 Å². The summed E-state index contributed by atoms with van der Waals surface area (Å²) in [5.74, 6) is 2.82. The Morgan fingerprint density at radius 3 is 2.25 bits per heavy atom. The van der Waals surface area contributed by atoms with Gasteiger partial charge in [-0.25, -0.2) is 0 Å². The molecule has 0 aromatic heterocycles. The monoisotopic (exact) mass is 281 g/mol. The fourth-order valence-corrected chi connectivity index (χ4v) is 3.87. The Bertz CT molecular complexity index is 226. The van der Waals surface area contributed by atoms with Crippen molar-refractivity contribution in [3.8, 4) is 0 Å². The Kier molecular flexibility index (Phi) is 9.59. The van der Waals surface area contributed by atoms with Crippen molar-refractivity contribution in [2.75, 3.05) is 6.54 Å². The van der Waals surface area contributed by atoms with E-state index in [1.807, 2.05) is 0 Å². The quantitative estimate of drug-likeness (QED) is 0.500. The zero-order valence-electron chi connectivity index (χ0n) is 14.6. The first-order valence-corrected chi connectivity index (χ1v) is 9.42. The number of hydrogen-bond acceptors (Lipinski definition) is 1. The van der Waals surface area contributed by atoms with Gasteiger partial charge in [-0.05, 0) is 43.6 Å². The minimum Gasteiger partial charge on any atom is -0.314 e. The molecule has 120 valence electrons. The minimum atomic E-state index is 0.793. The van der Waals surface area contributed by atoms with E-state index in [0.717, 1.165) is 30.3 Å². The minimum absolute atomic E-state index is 0.793. The van der Waals surface area contributed by atoms with Gasteiger partial charge >= 0.3 is 0 Å². The van der Waals surface area contributed by atoms with E-state index in [0.29, 0.717) is 0 Å². The fraction of sp³-hybridized carbons (Fsp3) is 1.00. The van der Waals surface area contributed by atoms with E-state index < -0.39 is 0 Å². The van der Waals surface area contributed by atoms with E-state index in [-0.39, 0.29) is 0 Å². The predicted molar refractivity (Wildman–Crippen MR) is 91.1 cm³/mol. The van der Waals surface area contributed by atoms with E-state index in [4.69, 9.17) is 0 Å². The molecule has 1 aliphatic rings. The first-order chi connectivity index (χ1) is 9.69. The summed E-state index contributed by atoms with van der Waals surface area (Å²) in [7, 11) is 0. The molecule has 20 heavy (non-hydrogen) atoms. The molecule has 1 rings (SSSR count). The summed E-state index contributed by atoms with van der Waals surface area (Å²) in [6, 6.07) is 0.793. The molecule has 1 heteroatoms. The molecule has 1 saturated carbocycles. The molecule has 0 amide bonds. The van der Waals surface area contributed by atoms with Gasteiger partial charge in [0, 0.05) is 6.04 Å². The molecule has 1 aliphatic carbocycles. The molecule has 4 unspecified atom stereocenters. The highest BCUT2D eigenvalue weighted by molar-refractivity contribution is 4.83. The van der Waals surface area contributed by atoms with Gasteiger partial charge in [0.05, 0.1) is 0 Å². The highest BCUT2D eigenvalue weighted by atomic mass is 14.9. The molecule has 0 heterocycles. The molecule has 1 N–H and O–H groups in total. The number of rotatable bonds is 10. The van der Waals surface area contributed by atoms with Gasteiger partial charge in [-0.15, -0.1) is 0 Å². The van der Waals surface area contributed by atoms with Gasteiger partial charge in [0.25, 0.3) is 0 Å². The van der Waals surface area contributed by atoms with Crippen LogP contribution in [0.25, 0.3) is 0 Å². The van der Waals surface area contributed by atoms with Crippen LogP contribution in [0.3, 0.4) is 0 Å². The molecule has 0 radical (unpaired) electrons. The highest BCUT2D eigenvalue weighted by Gasteiger charge is 2.29. The second-order valence-corrected chi connectivity index (χ2v) is 7.25. The Labute approximate surface area is 128 Å². The van der Waals surface area contributed by atoms with Crippen LogP contribution in [-0.4, -0.2) is 12.6 Å². The predicted octanol–water partition coefficient (Wildman–Crippen LogP) is 5.79. The van der Waals surface area contributed by atoms with Crippen molar-refractivity contribution in [2.45, 2.75) is 97.9 Å². The maximum absolute atomic E-state index is 3.79. The van der Waals surface area contributed by atoms with Gasteiger partial charge in [-0.2, -0.15) is 0 Å². The SMILES string of the molecule is CCCCCCCCC(NCC)C1CCC(C)C(C)C1. The van der Waals surface area contributed by atoms with Crippen LogP contribution in [-0.2, 0) is 0 Å². The lowest BCUT2D eigenvalue weighted by molar-refractivity contribution is 0.165. The third kappa shape index (κ3) is 6.61. The summed E-state index contributed by atoms with van der Waals surface area (Å²) in [5.41, 5.74) is 0. The first kappa shape index (κ1) is 18.0. The topological polar surface area (TPSA) is 12.0 Å². The lowest BCUT2D eigenvalue weighted by atomic mass is 9.72. The molecule has 0 saturated heterocycles.